The predicted octanol–water partition coefficient (Wildman–Crippen LogP) is 2.47. The molecular formula is C13H13N5S2. The zero-order chi connectivity index (χ0) is 13.4. The van der Waals surface area contributed by atoms with Gasteiger partial charge in [0.25, 0.3) is 0 Å². The van der Waals surface area contributed by atoms with Crippen molar-refractivity contribution in [3.63, 3.8) is 0 Å². The van der Waals surface area contributed by atoms with E-state index in [0.29, 0.717) is 0 Å². The van der Waals surface area contributed by atoms with Crippen LogP contribution in [0.4, 0.5) is 10.9 Å². The summed E-state index contributed by atoms with van der Waals surface area (Å²) in [4.78, 5) is 17.9. The molecule has 7 heteroatoms. The molecule has 0 aliphatic carbocycles. The summed E-state index contributed by atoms with van der Waals surface area (Å²) in [7, 11) is 0. The quantitative estimate of drug-likeness (QED) is 0.728. The number of nitrogens with zero attached hydrogens (tertiary/aromatic N) is 5. The van der Waals surface area contributed by atoms with Crippen molar-refractivity contribution in [1.82, 2.24) is 15.0 Å². The fourth-order valence-corrected chi connectivity index (χ4v) is 4.04. The Morgan fingerprint density at radius 2 is 1.75 bits per heavy atom. The van der Waals surface area contributed by atoms with E-state index in [1.165, 1.54) is 4.70 Å². The Labute approximate surface area is 124 Å². The minimum atomic E-state index is 0.976. The monoisotopic (exact) mass is 303 g/mol. The average Bonchev–Trinajstić information content (AvgIpc) is 3.18. The van der Waals surface area contributed by atoms with Gasteiger partial charge >= 0.3 is 0 Å². The van der Waals surface area contributed by atoms with Crippen molar-refractivity contribution in [2.45, 2.75) is 0 Å². The summed E-state index contributed by atoms with van der Waals surface area (Å²) in [6.45, 7) is 3.93. The highest BCUT2D eigenvalue weighted by molar-refractivity contribution is 7.17. The Morgan fingerprint density at radius 3 is 2.55 bits per heavy atom. The van der Waals surface area contributed by atoms with E-state index < -0.39 is 0 Å². The molecule has 102 valence electrons. The van der Waals surface area contributed by atoms with Gasteiger partial charge in [0.2, 0.25) is 0 Å². The maximum absolute atomic E-state index is 4.48. The highest BCUT2D eigenvalue weighted by Gasteiger charge is 2.21. The second-order valence-electron chi connectivity index (χ2n) is 4.62. The van der Waals surface area contributed by atoms with Gasteiger partial charge in [0, 0.05) is 37.8 Å². The highest BCUT2D eigenvalue weighted by atomic mass is 32.1. The van der Waals surface area contributed by atoms with Crippen LogP contribution in [-0.2, 0) is 0 Å². The van der Waals surface area contributed by atoms with E-state index >= 15 is 0 Å². The third-order valence-electron chi connectivity index (χ3n) is 3.49. The maximum atomic E-state index is 4.48. The number of rotatable bonds is 2. The van der Waals surface area contributed by atoms with Gasteiger partial charge < -0.3 is 9.80 Å². The van der Waals surface area contributed by atoms with Gasteiger partial charge in [-0.15, -0.1) is 22.7 Å². The number of thiophene rings is 1. The van der Waals surface area contributed by atoms with Crippen molar-refractivity contribution in [3.8, 4) is 0 Å². The van der Waals surface area contributed by atoms with Crippen LogP contribution in [-0.4, -0.2) is 41.1 Å². The van der Waals surface area contributed by atoms with E-state index in [1.807, 2.05) is 11.6 Å². The van der Waals surface area contributed by atoms with Crippen LogP contribution in [0.25, 0.3) is 10.2 Å². The molecule has 3 aromatic heterocycles. The standard InChI is InChI=1S/C13H13N5S2/c1-7-19-11-10(1)15-9-16-12(11)17-3-5-18(6-4-17)13-14-2-8-20-13/h1-2,7-9H,3-6H2. The molecule has 4 heterocycles. The Kier molecular flexibility index (Phi) is 3.00. The summed E-state index contributed by atoms with van der Waals surface area (Å²) in [6, 6.07) is 2.05. The number of hydrogen-bond donors (Lipinski definition) is 0. The van der Waals surface area contributed by atoms with Gasteiger partial charge in [-0.05, 0) is 11.4 Å². The molecule has 0 N–H and O–H groups in total. The van der Waals surface area contributed by atoms with E-state index in [4.69, 9.17) is 0 Å². The number of anilines is 2. The Hall–Kier alpha value is -1.73. The van der Waals surface area contributed by atoms with Crippen LogP contribution in [0.5, 0.6) is 0 Å². The second-order valence-corrected chi connectivity index (χ2v) is 6.41. The van der Waals surface area contributed by atoms with E-state index in [9.17, 15) is 0 Å². The molecular weight excluding hydrogens is 290 g/mol. The molecule has 0 aromatic carbocycles. The summed E-state index contributed by atoms with van der Waals surface area (Å²) in [5, 5.41) is 5.23. The first-order valence-electron chi connectivity index (χ1n) is 6.49. The van der Waals surface area contributed by atoms with Gasteiger partial charge in [0.1, 0.15) is 12.1 Å². The molecule has 0 atom stereocenters. The fourth-order valence-electron chi connectivity index (χ4n) is 2.48. The van der Waals surface area contributed by atoms with Crippen molar-refractivity contribution in [3.05, 3.63) is 29.4 Å². The van der Waals surface area contributed by atoms with Crippen LogP contribution in [0.15, 0.2) is 29.4 Å². The summed E-state index contributed by atoms with van der Waals surface area (Å²) in [6.07, 6.45) is 3.53. The minimum Gasteiger partial charge on any atom is -0.352 e. The minimum absolute atomic E-state index is 0.976. The Balaban J connectivity index is 1.56. The molecule has 0 unspecified atom stereocenters. The topological polar surface area (TPSA) is 45.2 Å². The van der Waals surface area contributed by atoms with Crippen molar-refractivity contribution in [1.29, 1.82) is 0 Å². The molecule has 3 aromatic rings. The summed E-state index contributed by atoms with van der Waals surface area (Å²) >= 11 is 3.42. The van der Waals surface area contributed by atoms with Crippen LogP contribution in [0.1, 0.15) is 0 Å². The van der Waals surface area contributed by atoms with E-state index in [0.717, 1.165) is 42.6 Å². The maximum Gasteiger partial charge on any atom is 0.185 e. The number of thiazole rings is 1. The molecule has 20 heavy (non-hydrogen) atoms. The van der Waals surface area contributed by atoms with Crippen LogP contribution >= 0.6 is 22.7 Å². The zero-order valence-electron chi connectivity index (χ0n) is 10.8. The van der Waals surface area contributed by atoms with Gasteiger partial charge in [-0.25, -0.2) is 15.0 Å². The molecule has 0 amide bonds. The lowest BCUT2D eigenvalue weighted by Gasteiger charge is -2.35. The van der Waals surface area contributed by atoms with Crippen molar-refractivity contribution >= 4 is 43.8 Å². The van der Waals surface area contributed by atoms with Gasteiger partial charge in [-0.3, -0.25) is 0 Å². The molecule has 0 radical (unpaired) electrons. The van der Waals surface area contributed by atoms with E-state index in [1.54, 1.807) is 29.0 Å². The predicted molar refractivity (Wildman–Crippen MR) is 84.0 cm³/mol. The lowest BCUT2D eigenvalue weighted by molar-refractivity contribution is 0.648. The van der Waals surface area contributed by atoms with Crippen LogP contribution in [0.3, 0.4) is 0 Å². The third kappa shape index (κ3) is 2.03. The molecule has 0 saturated carbocycles. The SMILES string of the molecule is c1csc(N2CCN(c3ncnc4ccsc34)CC2)n1. The number of fused-ring (bicyclic) bond motifs is 1. The summed E-state index contributed by atoms with van der Waals surface area (Å²) < 4.78 is 1.19. The summed E-state index contributed by atoms with van der Waals surface area (Å²) in [5.41, 5.74) is 1.04. The first-order valence-corrected chi connectivity index (χ1v) is 8.25. The summed E-state index contributed by atoms with van der Waals surface area (Å²) in [5.74, 6) is 1.07. The largest absolute Gasteiger partial charge is 0.352 e. The smallest absolute Gasteiger partial charge is 0.185 e. The van der Waals surface area contributed by atoms with Crippen LogP contribution in [0, 0.1) is 0 Å². The number of hydrogen-bond acceptors (Lipinski definition) is 7. The molecule has 1 aliphatic rings. The molecule has 0 spiro atoms. The van der Waals surface area contributed by atoms with Gasteiger partial charge in [-0.1, -0.05) is 0 Å². The normalized spacial score (nSPS) is 16.0. The first kappa shape index (κ1) is 12.0. The highest BCUT2D eigenvalue weighted by Crippen LogP contribution is 2.29. The molecule has 1 aliphatic heterocycles. The molecule has 1 saturated heterocycles. The lowest BCUT2D eigenvalue weighted by atomic mass is 10.3. The molecule has 4 rings (SSSR count). The molecule has 1 fully saturated rings. The third-order valence-corrected chi connectivity index (χ3v) is 5.23. The number of piperazine rings is 1. The molecule has 0 bridgehead atoms. The first-order chi connectivity index (χ1) is 9.92. The van der Waals surface area contributed by atoms with E-state index in [2.05, 4.69) is 36.2 Å². The van der Waals surface area contributed by atoms with Crippen molar-refractivity contribution in [2.75, 3.05) is 36.0 Å². The van der Waals surface area contributed by atoms with Crippen LogP contribution < -0.4 is 9.80 Å². The van der Waals surface area contributed by atoms with Crippen LogP contribution in [0.2, 0.25) is 0 Å². The number of aromatic nitrogens is 3. The van der Waals surface area contributed by atoms with E-state index in [-0.39, 0.29) is 0 Å². The second kappa shape index (κ2) is 4.99. The molecule has 5 nitrogen and oxygen atoms in total. The Bertz CT molecular complexity index is 700. The van der Waals surface area contributed by atoms with Crippen molar-refractivity contribution in [2.24, 2.45) is 0 Å². The van der Waals surface area contributed by atoms with Gasteiger partial charge in [0.15, 0.2) is 5.13 Å². The zero-order valence-corrected chi connectivity index (χ0v) is 12.4. The van der Waals surface area contributed by atoms with Gasteiger partial charge in [0.05, 0.1) is 10.2 Å². The Morgan fingerprint density at radius 1 is 0.900 bits per heavy atom. The van der Waals surface area contributed by atoms with Gasteiger partial charge in [-0.2, -0.15) is 0 Å². The lowest BCUT2D eigenvalue weighted by Crippen LogP contribution is -2.46. The van der Waals surface area contributed by atoms with Crippen molar-refractivity contribution < 1.29 is 0 Å². The fraction of sp³-hybridized carbons (Fsp3) is 0.308. The average molecular weight is 303 g/mol.